The van der Waals surface area contributed by atoms with Crippen LogP contribution in [0.5, 0.6) is 0 Å². The highest BCUT2D eigenvalue weighted by Gasteiger charge is 2.07. The van der Waals surface area contributed by atoms with E-state index in [-0.39, 0.29) is 0 Å². The molecule has 0 fully saturated rings. The Balaban J connectivity index is 1.67. The fourth-order valence-corrected chi connectivity index (χ4v) is 3.40. The number of nitrogens with zero attached hydrogens (tertiary/aromatic N) is 3. The molecular formula is C18H15N5S. The average Bonchev–Trinajstić information content (AvgIpc) is 2.98. The van der Waals surface area contributed by atoms with Crippen LogP contribution in [0.1, 0.15) is 5.56 Å². The minimum atomic E-state index is 0.501. The van der Waals surface area contributed by atoms with Crippen molar-refractivity contribution in [1.29, 1.82) is 0 Å². The Hall–Kier alpha value is -2.99. The Morgan fingerprint density at radius 1 is 1.00 bits per heavy atom. The number of nitrogen functional groups attached to an aromatic ring is 1. The number of rotatable bonds is 3. The monoisotopic (exact) mass is 333 g/mol. The Morgan fingerprint density at radius 2 is 1.92 bits per heavy atom. The summed E-state index contributed by atoms with van der Waals surface area (Å²) >= 11 is 1.61. The number of hydrogen-bond donors (Lipinski definition) is 2. The first kappa shape index (κ1) is 14.6. The van der Waals surface area contributed by atoms with Gasteiger partial charge in [-0.1, -0.05) is 17.4 Å². The van der Waals surface area contributed by atoms with Crippen LogP contribution in [0.15, 0.2) is 55.0 Å². The molecule has 0 saturated carbocycles. The summed E-state index contributed by atoms with van der Waals surface area (Å²) in [5, 5.41) is 4.10. The fourth-order valence-electron chi connectivity index (χ4n) is 2.47. The lowest BCUT2D eigenvalue weighted by Gasteiger charge is -2.01. The Labute approximate surface area is 143 Å². The SMILES string of the molecule is Cc1cncc(-c2ccc3nc(Nc4ccc(N)nc4)sc3c2)c1. The number of aryl methyl sites for hydroxylation is 1. The van der Waals surface area contributed by atoms with Crippen molar-refractivity contribution in [2.24, 2.45) is 0 Å². The van der Waals surface area contributed by atoms with E-state index in [0.29, 0.717) is 5.82 Å². The van der Waals surface area contributed by atoms with Crippen molar-refractivity contribution in [1.82, 2.24) is 15.0 Å². The van der Waals surface area contributed by atoms with Gasteiger partial charge in [0.25, 0.3) is 0 Å². The first-order valence-corrected chi connectivity index (χ1v) is 8.30. The third-order valence-electron chi connectivity index (χ3n) is 3.63. The van der Waals surface area contributed by atoms with Crippen molar-refractivity contribution < 1.29 is 0 Å². The molecule has 118 valence electrons. The van der Waals surface area contributed by atoms with Gasteiger partial charge < -0.3 is 11.1 Å². The zero-order valence-corrected chi connectivity index (χ0v) is 13.8. The number of thiazole rings is 1. The van der Waals surface area contributed by atoms with Crippen LogP contribution in [0.25, 0.3) is 21.3 Å². The maximum atomic E-state index is 5.61. The molecule has 3 N–H and O–H groups in total. The third-order valence-corrected chi connectivity index (χ3v) is 4.57. The number of hydrogen-bond acceptors (Lipinski definition) is 6. The Kier molecular flexibility index (Phi) is 3.59. The number of fused-ring (bicyclic) bond motifs is 1. The van der Waals surface area contributed by atoms with E-state index in [2.05, 4.69) is 38.5 Å². The van der Waals surface area contributed by atoms with E-state index >= 15 is 0 Å². The van der Waals surface area contributed by atoms with Gasteiger partial charge in [0.1, 0.15) is 5.82 Å². The van der Waals surface area contributed by atoms with Crippen LogP contribution in [-0.4, -0.2) is 15.0 Å². The second kappa shape index (κ2) is 5.90. The highest BCUT2D eigenvalue weighted by molar-refractivity contribution is 7.22. The van der Waals surface area contributed by atoms with Crippen LogP contribution < -0.4 is 11.1 Å². The highest BCUT2D eigenvalue weighted by Crippen LogP contribution is 2.31. The van der Waals surface area contributed by atoms with E-state index < -0.39 is 0 Å². The molecule has 0 aliphatic heterocycles. The van der Waals surface area contributed by atoms with Crippen molar-refractivity contribution in [2.75, 3.05) is 11.1 Å². The molecule has 0 atom stereocenters. The van der Waals surface area contributed by atoms with Crippen molar-refractivity contribution in [2.45, 2.75) is 6.92 Å². The van der Waals surface area contributed by atoms with E-state index in [4.69, 9.17) is 5.73 Å². The molecule has 4 rings (SSSR count). The molecule has 0 amide bonds. The summed E-state index contributed by atoms with van der Waals surface area (Å²) < 4.78 is 1.12. The van der Waals surface area contributed by atoms with Gasteiger partial charge >= 0.3 is 0 Å². The van der Waals surface area contributed by atoms with Gasteiger partial charge in [0, 0.05) is 18.0 Å². The summed E-state index contributed by atoms with van der Waals surface area (Å²) in [7, 11) is 0. The van der Waals surface area contributed by atoms with E-state index in [1.807, 2.05) is 31.5 Å². The maximum Gasteiger partial charge on any atom is 0.188 e. The minimum absolute atomic E-state index is 0.501. The molecule has 0 bridgehead atoms. The summed E-state index contributed by atoms with van der Waals surface area (Å²) in [5.41, 5.74) is 10.8. The van der Waals surface area contributed by atoms with Gasteiger partial charge in [-0.05, 0) is 48.4 Å². The first-order valence-electron chi connectivity index (χ1n) is 7.48. The molecule has 3 heterocycles. The number of nitrogens with two attached hydrogens (primary N) is 1. The summed E-state index contributed by atoms with van der Waals surface area (Å²) in [4.78, 5) is 13.0. The van der Waals surface area contributed by atoms with Crippen LogP contribution in [0.2, 0.25) is 0 Å². The molecule has 0 radical (unpaired) electrons. The van der Waals surface area contributed by atoms with E-state index in [1.165, 1.54) is 0 Å². The lowest BCUT2D eigenvalue weighted by molar-refractivity contribution is 1.27. The summed E-state index contributed by atoms with van der Waals surface area (Å²) in [6, 6.07) is 12.0. The molecule has 0 saturated heterocycles. The number of nitrogens with one attached hydrogen (secondary N) is 1. The molecule has 3 aromatic heterocycles. The van der Waals surface area contributed by atoms with Gasteiger partial charge in [0.05, 0.1) is 22.1 Å². The predicted molar refractivity (Wildman–Crippen MR) is 99.5 cm³/mol. The lowest BCUT2D eigenvalue weighted by Crippen LogP contribution is -1.93. The molecule has 0 unspecified atom stereocenters. The third kappa shape index (κ3) is 2.91. The molecule has 4 aromatic rings. The largest absolute Gasteiger partial charge is 0.384 e. The molecule has 0 aliphatic rings. The molecule has 0 spiro atoms. The molecule has 24 heavy (non-hydrogen) atoms. The fraction of sp³-hybridized carbons (Fsp3) is 0.0556. The van der Waals surface area contributed by atoms with Crippen molar-refractivity contribution in [3.8, 4) is 11.1 Å². The standard InChI is InChI=1S/C18H15N5S/c1-11-6-13(9-20-8-11)12-2-4-15-16(7-12)24-18(23-15)22-14-3-5-17(19)21-10-14/h2-10H,1H3,(H2,19,21)(H,22,23). The maximum absolute atomic E-state index is 5.61. The van der Waals surface area contributed by atoms with E-state index in [0.717, 1.165) is 37.7 Å². The van der Waals surface area contributed by atoms with Crippen molar-refractivity contribution >= 4 is 38.2 Å². The van der Waals surface area contributed by atoms with Crippen molar-refractivity contribution in [3.63, 3.8) is 0 Å². The van der Waals surface area contributed by atoms with Crippen LogP contribution >= 0.6 is 11.3 Å². The Morgan fingerprint density at radius 3 is 2.71 bits per heavy atom. The number of anilines is 3. The average molecular weight is 333 g/mol. The molecule has 5 nitrogen and oxygen atoms in total. The topological polar surface area (TPSA) is 76.7 Å². The smallest absolute Gasteiger partial charge is 0.188 e. The normalized spacial score (nSPS) is 10.9. The summed E-state index contributed by atoms with van der Waals surface area (Å²) in [5.74, 6) is 0.501. The zero-order valence-electron chi connectivity index (χ0n) is 13.0. The Bertz CT molecular complexity index is 1010. The molecule has 6 heteroatoms. The van der Waals surface area contributed by atoms with Crippen molar-refractivity contribution in [3.05, 3.63) is 60.6 Å². The van der Waals surface area contributed by atoms with Gasteiger partial charge in [0.2, 0.25) is 0 Å². The van der Waals surface area contributed by atoms with E-state index in [1.54, 1.807) is 23.6 Å². The van der Waals surface area contributed by atoms with Gasteiger partial charge in [0.15, 0.2) is 5.13 Å². The highest BCUT2D eigenvalue weighted by atomic mass is 32.1. The quantitative estimate of drug-likeness (QED) is 0.581. The summed E-state index contributed by atoms with van der Waals surface area (Å²) in [6.45, 7) is 2.05. The first-order chi connectivity index (χ1) is 11.7. The van der Waals surface area contributed by atoms with Crippen LogP contribution in [0, 0.1) is 6.92 Å². The predicted octanol–water partition coefficient (Wildman–Crippen LogP) is 4.39. The molecular weight excluding hydrogens is 318 g/mol. The van der Waals surface area contributed by atoms with Gasteiger partial charge in [-0.3, -0.25) is 4.98 Å². The van der Waals surface area contributed by atoms with Gasteiger partial charge in [-0.2, -0.15) is 0 Å². The van der Waals surface area contributed by atoms with Crippen LogP contribution in [-0.2, 0) is 0 Å². The van der Waals surface area contributed by atoms with Gasteiger partial charge in [-0.15, -0.1) is 0 Å². The number of benzene rings is 1. The van der Waals surface area contributed by atoms with Crippen LogP contribution in [0.3, 0.4) is 0 Å². The molecule has 1 aromatic carbocycles. The zero-order chi connectivity index (χ0) is 16.5. The van der Waals surface area contributed by atoms with E-state index in [9.17, 15) is 0 Å². The lowest BCUT2D eigenvalue weighted by atomic mass is 10.1. The number of pyridine rings is 2. The molecule has 0 aliphatic carbocycles. The second-order valence-corrected chi connectivity index (χ2v) is 6.58. The summed E-state index contributed by atoms with van der Waals surface area (Å²) in [6.07, 6.45) is 5.44. The van der Waals surface area contributed by atoms with Gasteiger partial charge in [-0.25, -0.2) is 9.97 Å². The minimum Gasteiger partial charge on any atom is -0.384 e. The number of aromatic nitrogens is 3. The second-order valence-electron chi connectivity index (χ2n) is 5.55. The van der Waals surface area contributed by atoms with Crippen LogP contribution in [0.4, 0.5) is 16.6 Å².